The molecule has 3 heterocycles. The van der Waals surface area contributed by atoms with E-state index < -0.39 is 17.5 Å². The highest BCUT2D eigenvalue weighted by Crippen LogP contribution is 2.40. The molecule has 2 aliphatic rings. The highest BCUT2D eigenvalue weighted by Gasteiger charge is 2.41. The molecule has 28 heavy (non-hydrogen) atoms. The van der Waals surface area contributed by atoms with Crippen LogP contribution in [0.1, 0.15) is 35.3 Å². The Hall–Kier alpha value is -2.61. The van der Waals surface area contributed by atoms with Crippen LogP contribution in [-0.2, 0) is 6.54 Å². The summed E-state index contributed by atoms with van der Waals surface area (Å²) >= 11 is 0. The molecule has 148 valence electrons. The molecule has 8 heteroatoms. The van der Waals surface area contributed by atoms with E-state index in [0.717, 1.165) is 51.0 Å². The third-order valence-electron chi connectivity index (χ3n) is 5.77. The number of hydrogen-bond donors (Lipinski definition) is 1. The van der Waals surface area contributed by atoms with Crippen molar-refractivity contribution in [1.82, 2.24) is 14.9 Å². The zero-order chi connectivity index (χ0) is 19.7. The van der Waals surface area contributed by atoms with Gasteiger partial charge in [-0.1, -0.05) is 6.07 Å². The van der Waals surface area contributed by atoms with Crippen molar-refractivity contribution in [2.75, 3.05) is 31.1 Å². The van der Waals surface area contributed by atoms with Crippen molar-refractivity contribution in [2.45, 2.75) is 25.8 Å². The first-order valence-corrected chi connectivity index (χ1v) is 9.47. The van der Waals surface area contributed by atoms with Gasteiger partial charge in [0.2, 0.25) is 0 Å². The van der Waals surface area contributed by atoms with Gasteiger partial charge >= 0.3 is 0 Å². The van der Waals surface area contributed by atoms with E-state index in [9.17, 15) is 13.6 Å². The molecule has 2 fully saturated rings. The van der Waals surface area contributed by atoms with E-state index in [0.29, 0.717) is 12.4 Å². The number of carbonyl (C=O) groups is 1. The highest BCUT2D eigenvalue weighted by molar-refractivity contribution is 5.90. The fourth-order valence-corrected chi connectivity index (χ4v) is 4.43. The van der Waals surface area contributed by atoms with E-state index in [1.807, 2.05) is 0 Å². The van der Waals surface area contributed by atoms with Crippen LogP contribution in [0.15, 0.2) is 30.6 Å². The van der Waals surface area contributed by atoms with E-state index in [1.165, 1.54) is 18.3 Å². The molecule has 0 aliphatic carbocycles. The lowest BCUT2D eigenvalue weighted by Gasteiger charge is -2.40. The van der Waals surface area contributed by atoms with Gasteiger partial charge in [0.1, 0.15) is 11.5 Å². The van der Waals surface area contributed by atoms with Crippen LogP contribution < -0.4 is 10.6 Å². The van der Waals surface area contributed by atoms with E-state index in [1.54, 1.807) is 12.3 Å². The molecule has 0 saturated carbocycles. The number of aromatic nitrogens is 2. The second-order valence-electron chi connectivity index (χ2n) is 7.86. The summed E-state index contributed by atoms with van der Waals surface area (Å²) in [6.45, 7) is 4.12. The first-order chi connectivity index (χ1) is 13.4. The van der Waals surface area contributed by atoms with E-state index in [4.69, 9.17) is 5.73 Å². The van der Waals surface area contributed by atoms with Gasteiger partial charge < -0.3 is 10.6 Å². The summed E-state index contributed by atoms with van der Waals surface area (Å²) in [5.74, 6) is -1.53. The summed E-state index contributed by atoms with van der Waals surface area (Å²) < 4.78 is 26.7. The number of likely N-dealkylation sites (tertiary alicyclic amines) is 1. The highest BCUT2D eigenvalue weighted by atomic mass is 19.2. The smallest absolute Gasteiger partial charge is 0.268 e. The monoisotopic (exact) mass is 387 g/mol. The number of primary amides is 1. The van der Waals surface area contributed by atoms with Crippen molar-refractivity contribution < 1.29 is 13.6 Å². The SMILES string of the molecule is NC(=O)c1cncc(N2CC[C@]3(CCCN(Cc4ccc(F)c(F)c4)C3)C2)n1. The number of nitrogens with zero attached hydrogens (tertiary/aromatic N) is 4. The molecule has 1 spiro atoms. The van der Waals surface area contributed by atoms with Gasteiger partial charge in [0, 0.05) is 31.6 Å². The van der Waals surface area contributed by atoms with Gasteiger partial charge in [-0.3, -0.25) is 14.7 Å². The third kappa shape index (κ3) is 3.82. The number of benzene rings is 1. The van der Waals surface area contributed by atoms with Crippen molar-refractivity contribution in [3.8, 4) is 0 Å². The summed E-state index contributed by atoms with van der Waals surface area (Å²) in [4.78, 5) is 24.3. The van der Waals surface area contributed by atoms with Crippen LogP contribution in [-0.4, -0.2) is 47.0 Å². The van der Waals surface area contributed by atoms with Crippen LogP contribution in [0.2, 0.25) is 0 Å². The van der Waals surface area contributed by atoms with E-state index in [2.05, 4.69) is 19.8 Å². The molecular formula is C20H23F2N5O. The number of hydrogen-bond acceptors (Lipinski definition) is 5. The second kappa shape index (κ2) is 7.43. The summed E-state index contributed by atoms with van der Waals surface area (Å²) in [5, 5.41) is 0. The predicted octanol–water partition coefficient (Wildman–Crippen LogP) is 2.35. The minimum atomic E-state index is -0.815. The number of anilines is 1. The van der Waals surface area contributed by atoms with Gasteiger partial charge in [0.05, 0.1) is 12.4 Å². The Bertz CT molecular complexity index is 893. The maximum absolute atomic E-state index is 13.5. The summed E-state index contributed by atoms with van der Waals surface area (Å²) in [6, 6.07) is 4.11. The molecule has 2 saturated heterocycles. The molecule has 4 rings (SSSR count). The quantitative estimate of drug-likeness (QED) is 0.872. The molecule has 1 amide bonds. The van der Waals surface area contributed by atoms with Gasteiger partial charge in [-0.25, -0.2) is 13.8 Å². The van der Waals surface area contributed by atoms with Gasteiger partial charge in [-0.15, -0.1) is 0 Å². The number of piperidine rings is 1. The number of amides is 1. The van der Waals surface area contributed by atoms with Crippen molar-refractivity contribution in [1.29, 1.82) is 0 Å². The van der Waals surface area contributed by atoms with Crippen LogP contribution >= 0.6 is 0 Å². The summed E-state index contributed by atoms with van der Waals surface area (Å²) in [7, 11) is 0. The largest absolute Gasteiger partial charge is 0.364 e. The first-order valence-electron chi connectivity index (χ1n) is 9.47. The number of rotatable bonds is 4. The molecule has 0 radical (unpaired) electrons. The van der Waals surface area contributed by atoms with E-state index >= 15 is 0 Å². The van der Waals surface area contributed by atoms with E-state index in [-0.39, 0.29) is 11.1 Å². The summed E-state index contributed by atoms with van der Waals surface area (Å²) in [5.41, 5.74) is 6.39. The molecule has 1 aromatic heterocycles. The molecule has 0 bridgehead atoms. The Morgan fingerprint density at radius 1 is 1.14 bits per heavy atom. The predicted molar refractivity (Wildman–Crippen MR) is 101 cm³/mol. The van der Waals surface area contributed by atoms with Crippen molar-refractivity contribution >= 4 is 11.7 Å². The standard InChI is InChI=1S/C20H23F2N5O/c21-15-3-2-14(8-16(15)22)11-26-6-1-4-20(12-26)5-7-27(13-20)18-10-24-9-17(25-18)19(23)28/h2-3,8-10H,1,4-7,11-13H2,(H2,23,28)/t20-/m0/s1. The maximum atomic E-state index is 13.5. The Balaban J connectivity index is 1.44. The average Bonchev–Trinajstić information content (AvgIpc) is 3.08. The van der Waals surface area contributed by atoms with Crippen LogP contribution in [0, 0.1) is 17.0 Å². The molecule has 2 aliphatic heterocycles. The minimum Gasteiger partial charge on any atom is -0.364 e. The van der Waals surface area contributed by atoms with Crippen molar-refractivity contribution in [3.05, 3.63) is 53.5 Å². The molecule has 0 unspecified atom stereocenters. The zero-order valence-corrected chi connectivity index (χ0v) is 15.6. The Kier molecular flexibility index (Phi) is 4.97. The Morgan fingerprint density at radius 2 is 2.00 bits per heavy atom. The van der Waals surface area contributed by atoms with Gasteiger partial charge in [0.25, 0.3) is 5.91 Å². The van der Waals surface area contributed by atoms with Crippen molar-refractivity contribution in [3.63, 3.8) is 0 Å². The van der Waals surface area contributed by atoms with Gasteiger partial charge in [-0.05, 0) is 43.5 Å². The normalized spacial score (nSPS) is 22.7. The maximum Gasteiger partial charge on any atom is 0.268 e. The van der Waals surface area contributed by atoms with Gasteiger partial charge in [-0.2, -0.15) is 0 Å². The third-order valence-corrected chi connectivity index (χ3v) is 5.77. The lowest BCUT2D eigenvalue weighted by molar-refractivity contribution is 0.0990. The van der Waals surface area contributed by atoms with Crippen LogP contribution in [0.25, 0.3) is 0 Å². The number of nitrogens with two attached hydrogens (primary N) is 1. The minimum absolute atomic E-state index is 0.126. The number of carbonyl (C=O) groups excluding carboxylic acids is 1. The number of halogens is 2. The zero-order valence-electron chi connectivity index (χ0n) is 15.6. The first kappa shape index (κ1) is 18.7. The lowest BCUT2D eigenvalue weighted by atomic mass is 9.79. The van der Waals surface area contributed by atoms with Crippen LogP contribution in [0.5, 0.6) is 0 Å². The van der Waals surface area contributed by atoms with Crippen LogP contribution in [0.4, 0.5) is 14.6 Å². The fourth-order valence-electron chi connectivity index (χ4n) is 4.43. The Labute approximate surface area is 162 Å². The Morgan fingerprint density at radius 3 is 2.79 bits per heavy atom. The topological polar surface area (TPSA) is 75.4 Å². The van der Waals surface area contributed by atoms with Crippen molar-refractivity contribution in [2.24, 2.45) is 11.1 Å². The lowest BCUT2D eigenvalue weighted by Crippen LogP contribution is -2.44. The summed E-state index contributed by atoms with van der Waals surface area (Å²) in [6.07, 6.45) is 6.23. The second-order valence-corrected chi connectivity index (χ2v) is 7.86. The average molecular weight is 387 g/mol. The molecule has 1 aromatic carbocycles. The molecule has 1 atom stereocenters. The van der Waals surface area contributed by atoms with Crippen LogP contribution in [0.3, 0.4) is 0 Å². The fraction of sp³-hybridized carbons (Fsp3) is 0.450. The molecular weight excluding hydrogens is 364 g/mol. The molecule has 2 N–H and O–H groups in total. The van der Waals surface area contributed by atoms with Gasteiger partial charge in [0.15, 0.2) is 11.6 Å². The molecule has 2 aromatic rings. The molecule has 6 nitrogen and oxygen atoms in total.